The van der Waals surface area contributed by atoms with Crippen molar-refractivity contribution in [3.05, 3.63) is 39.8 Å². The van der Waals surface area contributed by atoms with E-state index >= 15 is 0 Å². The van der Waals surface area contributed by atoms with E-state index in [1.807, 2.05) is 24.6 Å². The maximum absolute atomic E-state index is 10.2. The van der Waals surface area contributed by atoms with Crippen molar-refractivity contribution in [2.75, 3.05) is 0 Å². The van der Waals surface area contributed by atoms with Crippen molar-refractivity contribution in [2.24, 2.45) is 0 Å². The monoisotopic (exact) mass is 250 g/mol. The Hall–Kier alpha value is -1.13. The van der Waals surface area contributed by atoms with Gasteiger partial charge in [0.15, 0.2) is 0 Å². The van der Waals surface area contributed by atoms with Crippen LogP contribution in [0.3, 0.4) is 0 Å². The summed E-state index contributed by atoms with van der Waals surface area (Å²) < 4.78 is 1.88. The molecule has 0 amide bonds. The lowest BCUT2D eigenvalue weighted by Gasteiger charge is -2.11. The van der Waals surface area contributed by atoms with Gasteiger partial charge >= 0.3 is 0 Å². The summed E-state index contributed by atoms with van der Waals surface area (Å²) in [6.45, 7) is 4.81. The van der Waals surface area contributed by atoms with Crippen molar-refractivity contribution < 1.29 is 5.11 Å². The molecule has 2 aromatic rings. The standard InChI is InChI=1S/C13H18N2OS/c1-3-15-12(8-10(2)14-15)13(16)5-4-11-6-7-17-9-11/h6-9,13,16H,3-5H2,1-2H3. The highest BCUT2D eigenvalue weighted by Gasteiger charge is 2.14. The number of aromatic nitrogens is 2. The van der Waals surface area contributed by atoms with Crippen LogP contribution in [0.25, 0.3) is 0 Å². The number of aliphatic hydroxyl groups excluding tert-OH is 1. The molecule has 0 aromatic carbocycles. The lowest BCUT2D eigenvalue weighted by molar-refractivity contribution is 0.157. The smallest absolute Gasteiger partial charge is 0.0959 e. The Balaban J connectivity index is 2.01. The predicted octanol–water partition coefficient (Wildman–Crippen LogP) is 2.94. The lowest BCUT2D eigenvalue weighted by atomic mass is 10.1. The van der Waals surface area contributed by atoms with Crippen LogP contribution in [-0.2, 0) is 13.0 Å². The van der Waals surface area contributed by atoms with Gasteiger partial charge in [0, 0.05) is 6.54 Å². The Morgan fingerprint density at radius 3 is 3.00 bits per heavy atom. The molecule has 2 aromatic heterocycles. The average molecular weight is 250 g/mol. The van der Waals surface area contributed by atoms with Crippen LogP contribution < -0.4 is 0 Å². The van der Waals surface area contributed by atoms with Crippen LogP contribution in [0.2, 0.25) is 0 Å². The fourth-order valence-electron chi connectivity index (χ4n) is 1.97. The van der Waals surface area contributed by atoms with E-state index in [1.54, 1.807) is 11.3 Å². The third kappa shape index (κ3) is 2.96. The highest BCUT2D eigenvalue weighted by molar-refractivity contribution is 7.07. The summed E-state index contributed by atoms with van der Waals surface area (Å²) in [4.78, 5) is 0. The van der Waals surface area contributed by atoms with Crippen molar-refractivity contribution in [2.45, 2.75) is 39.3 Å². The second-order valence-corrected chi connectivity index (χ2v) is 4.99. The maximum atomic E-state index is 10.2. The molecule has 0 aliphatic heterocycles. The molecule has 17 heavy (non-hydrogen) atoms. The zero-order valence-corrected chi connectivity index (χ0v) is 11.1. The van der Waals surface area contributed by atoms with Gasteiger partial charge in [0.2, 0.25) is 0 Å². The Kier molecular flexibility index (Phi) is 3.97. The number of aryl methyl sites for hydroxylation is 3. The molecule has 0 aliphatic rings. The van der Waals surface area contributed by atoms with E-state index in [-0.39, 0.29) is 0 Å². The zero-order valence-electron chi connectivity index (χ0n) is 10.3. The molecule has 0 spiro atoms. The average Bonchev–Trinajstić information content (AvgIpc) is 2.94. The summed E-state index contributed by atoms with van der Waals surface area (Å²) in [5, 5.41) is 18.7. The van der Waals surface area contributed by atoms with Gasteiger partial charge in [0.1, 0.15) is 0 Å². The van der Waals surface area contributed by atoms with E-state index in [2.05, 4.69) is 21.9 Å². The first-order valence-corrected chi connectivity index (χ1v) is 6.88. The van der Waals surface area contributed by atoms with Crippen LogP contribution in [0.4, 0.5) is 0 Å². The number of thiophene rings is 1. The Morgan fingerprint density at radius 1 is 1.53 bits per heavy atom. The second kappa shape index (κ2) is 5.47. The minimum Gasteiger partial charge on any atom is -0.387 e. The molecule has 0 radical (unpaired) electrons. The molecule has 2 heterocycles. The van der Waals surface area contributed by atoms with Gasteiger partial charge in [-0.05, 0) is 55.1 Å². The Morgan fingerprint density at radius 2 is 2.35 bits per heavy atom. The fraction of sp³-hybridized carbons (Fsp3) is 0.462. The molecule has 3 nitrogen and oxygen atoms in total. The number of hydrogen-bond donors (Lipinski definition) is 1. The van der Waals surface area contributed by atoms with Gasteiger partial charge in [-0.15, -0.1) is 0 Å². The topological polar surface area (TPSA) is 38.0 Å². The summed E-state index contributed by atoms with van der Waals surface area (Å²) in [6, 6.07) is 4.08. The molecule has 1 unspecified atom stereocenters. The third-order valence-electron chi connectivity index (χ3n) is 2.86. The largest absolute Gasteiger partial charge is 0.387 e. The normalized spacial score (nSPS) is 12.9. The quantitative estimate of drug-likeness (QED) is 0.886. The van der Waals surface area contributed by atoms with Gasteiger partial charge in [-0.25, -0.2) is 0 Å². The van der Waals surface area contributed by atoms with Crippen molar-refractivity contribution in [3.8, 4) is 0 Å². The molecule has 92 valence electrons. The van der Waals surface area contributed by atoms with Crippen LogP contribution in [0.5, 0.6) is 0 Å². The minimum atomic E-state index is -0.420. The number of rotatable bonds is 5. The first-order chi connectivity index (χ1) is 8.20. The summed E-state index contributed by atoms with van der Waals surface area (Å²) in [5.41, 5.74) is 3.20. The molecule has 0 fully saturated rings. The van der Waals surface area contributed by atoms with Crippen molar-refractivity contribution >= 4 is 11.3 Å². The molecule has 0 saturated heterocycles. The van der Waals surface area contributed by atoms with E-state index in [0.717, 1.165) is 30.8 Å². The number of nitrogens with zero attached hydrogens (tertiary/aromatic N) is 2. The van der Waals surface area contributed by atoms with Crippen LogP contribution in [0.15, 0.2) is 22.9 Å². The summed E-state index contributed by atoms with van der Waals surface area (Å²) >= 11 is 1.70. The zero-order chi connectivity index (χ0) is 12.3. The third-order valence-corrected chi connectivity index (χ3v) is 3.59. The van der Waals surface area contributed by atoms with E-state index in [1.165, 1.54) is 5.56 Å². The summed E-state index contributed by atoms with van der Waals surface area (Å²) in [6.07, 6.45) is 1.25. The van der Waals surface area contributed by atoms with Crippen molar-refractivity contribution in [1.29, 1.82) is 0 Å². The van der Waals surface area contributed by atoms with Gasteiger partial charge in [0.25, 0.3) is 0 Å². The molecule has 0 aliphatic carbocycles. The first kappa shape index (κ1) is 12.3. The SMILES string of the molecule is CCn1nc(C)cc1C(O)CCc1ccsc1. The van der Waals surface area contributed by atoms with E-state index in [0.29, 0.717) is 0 Å². The Labute approximate surface area is 106 Å². The molecule has 4 heteroatoms. The van der Waals surface area contributed by atoms with Gasteiger partial charge in [0.05, 0.1) is 17.5 Å². The second-order valence-electron chi connectivity index (χ2n) is 4.21. The van der Waals surface area contributed by atoms with Crippen molar-refractivity contribution in [3.63, 3.8) is 0 Å². The molecule has 0 saturated carbocycles. The van der Waals surface area contributed by atoms with Crippen LogP contribution in [0, 0.1) is 6.92 Å². The molecular weight excluding hydrogens is 232 g/mol. The van der Waals surface area contributed by atoms with Gasteiger partial charge in [-0.3, -0.25) is 4.68 Å². The van der Waals surface area contributed by atoms with E-state index in [9.17, 15) is 5.11 Å². The molecule has 1 N–H and O–H groups in total. The van der Waals surface area contributed by atoms with Crippen LogP contribution in [0.1, 0.15) is 36.4 Å². The molecule has 2 rings (SSSR count). The predicted molar refractivity (Wildman–Crippen MR) is 70.2 cm³/mol. The molecule has 1 atom stereocenters. The van der Waals surface area contributed by atoms with E-state index in [4.69, 9.17) is 0 Å². The Bertz CT molecular complexity index is 462. The van der Waals surface area contributed by atoms with Gasteiger partial charge < -0.3 is 5.11 Å². The number of hydrogen-bond acceptors (Lipinski definition) is 3. The summed E-state index contributed by atoms with van der Waals surface area (Å²) in [5.74, 6) is 0. The number of aliphatic hydroxyl groups is 1. The first-order valence-electron chi connectivity index (χ1n) is 5.94. The van der Waals surface area contributed by atoms with Gasteiger partial charge in [-0.1, -0.05) is 0 Å². The van der Waals surface area contributed by atoms with Crippen LogP contribution >= 0.6 is 11.3 Å². The fourth-order valence-corrected chi connectivity index (χ4v) is 2.68. The minimum absolute atomic E-state index is 0.420. The van der Waals surface area contributed by atoms with E-state index < -0.39 is 6.10 Å². The molecule has 0 bridgehead atoms. The van der Waals surface area contributed by atoms with Gasteiger partial charge in [-0.2, -0.15) is 16.4 Å². The lowest BCUT2D eigenvalue weighted by Crippen LogP contribution is -2.08. The summed E-state index contributed by atoms with van der Waals surface area (Å²) in [7, 11) is 0. The van der Waals surface area contributed by atoms with Crippen molar-refractivity contribution in [1.82, 2.24) is 9.78 Å². The highest BCUT2D eigenvalue weighted by atomic mass is 32.1. The highest BCUT2D eigenvalue weighted by Crippen LogP contribution is 2.20. The van der Waals surface area contributed by atoms with Crippen LogP contribution in [-0.4, -0.2) is 14.9 Å². The molecular formula is C13H18N2OS. The maximum Gasteiger partial charge on any atom is 0.0959 e.